The normalized spacial score (nSPS) is 19.2. The number of likely N-dealkylation sites (tertiary alicyclic amines) is 1. The van der Waals surface area contributed by atoms with E-state index >= 15 is 0 Å². The highest BCUT2D eigenvalue weighted by molar-refractivity contribution is 7.20. The molecule has 2 fully saturated rings. The molecule has 0 spiro atoms. The van der Waals surface area contributed by atoms with Crippen molar-refractivity contribution in [2.24, 2.45) is 0 Å². The molecule has 1 saturated heterocycles. The van der Waals surface area contributed by atoms with Gasteiger partial charge >= 0.3 is 0 Å². The predicted molar refractivity (Wildman–Crippen MR) is 101 cm³/mol. The molecule has 0 unspecified atom stereocenters. The van der Waals surface area contributed by atoms with Gasteiger partial charge in [-0.1, -0.05) is 0 Å². The zero-order valence-electron chi connectivity index (χ0n) is 15.5. The third-order valence-corrected chi connectivity index (χ3v) is 6.78. The Kier molecular flexibility index (Phi) is 4.28. The molecule has 134 valence electrons. The first kappa shape index (κ1) is 16.9. The van der Waals surface area contributed by atoms with Crippen molar-refractivity contribution in [1.29, 1.82) is 0 Å². The first-order valence-electron chi connectivity index (χ1n) is 9.19. The zero-order chi connectivity index (χ0) is 17.7. The SMILES string of the molecule is Cc1nc(C2CC2)nc2sc(C(=O)N3CCC(N(C)C)CC3)c(C)c12. The molecular weight excluding hydrogens is 332 g/mol. The highest BCUT2D eigenvalue weighted by Gasteiger charge is 2.30. The van der Waals surface area contributed by atoms with Gasteiger partial charge in [0.15, 0.2) is 0 Å². The Morgan fingerprint density at radius 3 is 2.40 bits per heavy atom. The summed E-state index contributed by atoms with van der Waals surface area (Å²) in [5.41, 5.74) is 2.07. The van der Waals surface area contributed by atoms with Crippen LogP contribution in [0.1, 0.15) is 58.4 Å². The van der Waals surface area contributed by atoms with Crippen molar-refractivity contribution in [2.45, 2.75) is 51.5 Å². The third-order valence-electron chi connectivity index (χ3n) is 5.61. The summed E-state index contributed by atoms with van der Waals surface area (Å²) in [6.45, 7) is 5.78. The average molecular weight is 359 g/mol. The number of carbonyl (C=O) groups excluding carboxylic acids is 1. The molecule has 0 radical (unpaired) electrons. The van der Waals surface area contributed by atoms with Crippen molar-refractivity contribution in [3.63, 3.8) is 0 Å². The second-order valence-corrected chi connectivity index (χ2v) is 8.66. The molecule has 0 aromatic carbocycles. The van der Waals surface area contributed by atoms with Gasteiger partial charge in [-0.05, 0) is 59.2 Å². The van der Waals surface area contributed by atoms with E-state index in [2.05, 4.69) is 19.0 Å². The van der Waals surface area contributed by atoms with Gasteiger partial charge in [-0.2, -0.15) is 0 Å². The predicted octanol–water partition coefficient (Wildman–Crippen LogP) is 3.35. The molecule has 0 bridgehead atoms. The van der Waals surface area contributed by atoms with Crippen molar-refractivity contribution in [1.82, 2.24) is 19.8 Å². The molecule has 25 heavy (non-hydrogen) atoms. The minimum atomic E-state index is 0.171. The van der Waals surface area contributed by atoms with Crippen molar-refractivity contribution < 1.29 is 4.79 Å². The van der Waals surface area contributed by atoms with E-state index in [0.29, 0.717) is 12.0 Å². The van der Waals surface area contributed by atoms with E-state index in [-0.39, 0.29) is 5.91 Å². The quantitative estimate of drug-likeness (QED) is 0.844. The largest absolute Gasteiger partial charge is 0.338 e. The Bertz CT molecular complexity index is 816. The fourth-order valence-electron chi connectivity index (χ4n) is 3.82. The summed E-state index contributed by atoms with van der Waals surface area (Å²) < 4.78 is 0. The summed E-state index contributed by atoms with van der Waals surface area (Å²) >= 11 is 1.55. The van der Waals surface area contributed by atoms with Gasteiger partial charge in [-0.15, -0.1) is 11.3 Å². The third kappa shape index (κ3) is 3.06. The lowest BCUT2D eigenvalue weighted by atomic mass is 10.0. The maximum absolute atomic E-state index is 13.1. The van der Waals surface area contributed by atoms with E-state index in [1.807, 2.05) is 18.7 Å². The van der Waals surface area contributed by atoms with Crippen LogP contribution in [0.5, 0.6) is 0 Å². The van der Waals surface area contributed by atoms with Crippen LogP contribution in [0.25, 0.3) is 10.2 Å². The topological polar surface area (TPSA) is 49.3 Å². The van der Waals surface area contributed by atoms with Gasteiger partial charge in [0.1, 0.15) is 10.7 Å². The number of amides is 1. The van der Waals surface area contributed by atoms with Gasteiger partial charge in [0.2, 0.25) is 0 Å². The van der Waals surface area contributed by atoms with Gasteiger partial charge in [0, 0.05) is 30.4 Å². The highest BCUT2D eigenvalue weighted by atomic mass is 32.1. The van der Waals surface area contributed by atoms with E-state index in [1.165, 1.54) is 12.8 Å². The smallest absolute Gasteiger partial charge is 0.264 e. The Morgan fingerprint density at radius 2 is 1.80 bits per heavy atom. The number of hydrogen-bond donors (Lipinski definition) is 0. The Hall–Kier alpha value is -1.53. The van der Waals surface area contributed by atoms with E-state index in [1.54, 1.807) is 11.3 Å². The second-order valence-electron chi connectivity index (χ2n) is 7.66. The molecule has 1 aliphatic heterocycles. The summed E-state index contributed by atoms with van der Waals surface area (Å²) in [7, 11) is 4.24. The number of aromatic nitrogens is 2. The Morgan fingerprint density at radius 1 is 1.12 bits per heavy atom. The van der Waals surface area contributed by atoms with Crippen molar-refractivity contribution in [3.8, 4) is 0 Å². The first-order valence-corrected chi connectivity index (χ1v) is 10.0. The van der Waals surface area contributed by atoms with Crippen LogP contribution in [-0.2, 0) is 0 Å². The standard InChI is InChI=1S/C19H26N4OS/c1-11-15-12(2)20-17(13-5-6-13)21-18(15)25-16(11)19(24)23-9-7-14(8-10-23)22(3)4/h13-14H,5-10H2,1-4H3. The van der Waals surface area contributed by atoms with Crippen molar-refractivity contribution in [2.75, 3.05) is 27.2 Å². The van der Waals surface area contributed by atoms with Crippen LogP contribution < -0.4 is 0 Å². The van der Waals surface area contributed by atoms with Gasteiger partial charge in [-0.3, -0.25) is 4.79 Å². The molecule has 2 aliphatic rings. The van der Waals surface area contributed by atoms with Crippen LogP contribution in [0, 0.1) is 13.8 Å². The summed E-state index contributed by atoms with van der Waals surface area (Å²) in [5, 5.41) is 1.08. The van der Waals surface area contributed by atoms with Gasteiger partial charge in [0.25, 0.3) is 5.91 Å². The first-order chi connectivity index (χ1) is 12.0. The maximum atomic E-state index is 13.1. The van der Waals surface area contributed by atoms with Crippen LogP contribution in [0.15, 0.2) is 0 Å². The zero-order valence-corrected chi connectivity index (χ0v) is 16.3. The number of fused-ring (bicyclic) bond motifs is 1. The lowest BCUT2D eigenvalue weighted by Crippen LogP contribution is -2.44. The molecule has 0 N–H and O–H groups in total. The number of hydrogen-bond acceptors (Lipinski definition) is 5. The van der Waals surface area contributed by atoms with Crippen molar-refractivity contribution in [3.05, 3.63) is 22.0 Å². The van der Waals surface area contributed by atoms with Crippen LogP contribution in [0.3, 0.4) is 0 Å². The molecule has 6 heteroatoms. The monoisotopic (exact) mass is 358 g/mol. The Balaban J connectivity index is 1.62. The minimum Gasteiger partial charge on any atom is -0.338 e. The van der Waals surface area contributed by atoms with E-state index in [9.17, 15) is 4.79 Å². The van der Waals surface area contributed by atoms with Crippen molar-refractivity contribution >= 4 is 27.5 Å². The van der Waals surface area contributed by atoms with Crippen LogP contribution >= 0.6 is 11.3 Å². The molecule has 3 heterocycles. The number of thiophene rings is 1. The lowest BCUT2D eigenvalue weighted by molar-refractivity contribution is 0.0667. The number of aryl methyl sites for hydroxylation is 2. The van der Waals surface area contributed by atoms with Gasteiger partial charge < -0.3 is 9.80 Å². The number of piperidine rings is 1. The Labute approximate surface area is 153 Å². The molecule has 1 amide bonds. The molecule has 0 atom stereocenters. The summed E-state index contributed by atoms with van der Waals surface area (Å²) in [6, 6.07) is 0.585. The number of nitrogens with zero attached hydrogens (tertiary/aromatic N) is 4. The van der Waals surface area contributed by atoms with Crippen LogP contribution in [0.4, 0.5) is 0 Å². The molecule has 4 rings (SSSR count). The molecule has 2 aromatic heterocycles. The molecule has 5 nitrogen and oxygen atoms in total. The lowest BCUT2D eigenvalue weighted by Gasteiger charge is -2.35. The summed E-state index contributed by atoms with van der Waals surface area (Å²) in [6.07, 6.45) is 4.49. The summed E-state index contributed by atoms with van der Waals surface area (Å²) in [4.78, 5) is 28.7. The molecule has 1 saturated carbocycles. The van der Waals surface area contributed by atoms with Crippen LogP contribution in [0.2, 0.25) is 0 Å². The van der Waals surface area contributed by atoms with E-state index in [0.717, 1.165) is 58.1 Å². The van der Waals surface area contributed by atoms with E-state index < -0.39 is 0 Å². The van der Waals surface area contributed by atoms with Gasteiger partial charge in [0.05, 0.1) is 10.6 Å². The van der Waals surface area contributed by atoms with Crippen LogP contribution in [-0.4, -0.2) is 58.9 Å². The average Bonchev–Trinajstić information content (AvgIpc) is 3.38. The molecular formula is C19H26N4OS. The minimum absolute atomic E-state index is 0.171. The second kappa shape index (κ2) is 6.32. The number of carbonyl (C=O) groups is 1. The molecule has 1 aliphatic carbocycles. The maximum Gasteiger partial charge on any atom is 0.264 e. The molecule has 2 aromatic rings. The number of rotatable bonds is 3. The van der Waals surface area contributed by atoms with E-state index in [4.69, 9.17) is 9.97 Å². The fraction of sp³-hybridized carbons (Fsp3) is 0.632. The highest BCUT2D eigenvalue weighted by Crippen LogP contribution is 2.40. The van der Waals surface area contributed by atoms with Gasteiger partial charge in [-0.25, -0.2) is 9.97 Å². The fourth-order valence-corrected chi connectivity index (χ4v) is 5.02. The summed E-state index contributed by atoms with van der Waals surface area (Å²) in [5.74, 6) is 1.68.